The van der Waals surface area contributed by atoms with Crippen LogP contribution in [0.4, 0.5) is 0 Å². The van der Waals surface area contributed by atoms with E-state index in [0.29, 0.717) is 16.9 Å². The Balaban J connectivity index is 3.15. The zero-order chi connectivity index (χ0) is 12.8. The van der Waals surface area contributed by atoms with Gasteiger partial charge in [0.05, 0.1) is 19.8 Å². The van der Waals surface area contributed by atoms with Gasteiger partial charge in [-0.3, -0.25) is 0 Å². The predicted octanol–water partition coefficient (Wildman–Crippen LogP) is 1.58. The number of esters is 1. The van der Waals surface area contributed by atoms with Crippen molar-refractivity contribution in [3.05, 3.63) is 35.4 Å². The number of rotatable bonds is 4. The van der Waals surface area contributed by atoms with Crippen LogP contribution in [0.3, 0.4) is 0 Å². The zero-order valence-electron chi connectivity index (χ0n) is 9.47. The van der Waals surface area contributed by atoms with Crippen LogP contribution in [0.25, 0.3) is 6.08 Å². The Hall–Kier alpha value is -2.30. The van der Waals surface area contributed by atoms with Gasteiger partial charge in [-0.1, -0.05) is 0 Å². The van der Waals surface area contributed by atoms with Crippen LogP contribution in [0.15, 0.2) is 24.3 Å². The fraction of sp³-hybridized carbons (Fsp3) is 0.167. The fourth-order valence-corrected chi connectivity index (χ4v) is 1.27. The van der Waals surface area contributed by atoms with Gasteiger partial charge in [0.2, 0.25) is 0 Å². The lowest BCUT2D eigenvalue weighted by Gasteiger charge is -2.06. The van der Waals surface area contributed by atoms with E-state index in [9.17, 15) is 9.59 Å². The van der Waals surface area contributed by atoms with E-state index in [4.69, 9.17) is 9.84 Å². The standard InChI is InChI=1S/C12H12O5/c1-16-10-5-3-9(12(15)17-2)7-8(10)4-6-11(13)14/h3-7H,1-2H3,(H,13,14)/b6-4+. The topological polar surface area (TPSA) is 72.8 Å². The highest BCUT2D eigenvalue weighted by Gasteiger charge is 2.08. The molecule has 0 saturated carbocycles. The van der Waals surface area contributed by atoms with Crippen LogP contribution in [-0.4, -0.2) is 31.3 Å². The van der Waals surface area contributed by atoms with Gasteiger partial charge in [0.25, 0.3) is 0 Å². The van der Waals surface area contributed by atoms with Crippen LogP contribution in [0.1, 0.15) is 15.9 Å². The van der Waals surface area contributed by atoms with Gasteiger partial charge in [-0.25, -0.2) is 9.59 Å². The largest absolute Gasteiger partial charge is 0.496 e. The summed E-state index contributed by atoms with van der Waals surface area (Å²) in [6.07, 6.45) is 2.33. The average molecular weight is 236 g/mol. The lowest BCUT2D eigenvalue weighted by atomic mass is 10.1. The predicted molar refractivity (Wildman–Crippen MR) is 61.0 cm³/mol. The summed E-state index contributed by atoms with van der Waals surface area (Å²) >= 11 is 0. The molecule has 0 aliphatic rings. The Bertz CT molecular complexity index is 462. The van der Waals surface area contributed by atoms with Gasteiger partial charge in [-0.05, 0) is 24.3 Å². The summed E-state index contributed by atoms with van der Waals surface area (Å²) in [6.45, 7) is 0. The summed E-state index contributed by atoms with van der Waals surface area (Å²) in [5.74, 6) is -1.08. The van der Waals surface area contributed by atoms with Crippen LogP contribution >= 0.6 is 0 Å². The minimum Gasteiger partial charge on any atom is -0.496 e. The maximum atomic E-state index is 11.3. The summed E-state index contributed by atoms with van der Waals surface area (Å²) in [6, 6.07) is 4.63. The maximum absolute atomic E-state index is 11.3. The molecule has 1 aromatic rings. The van der Waals surface area contributed by atoms with Gasteiger partial charge >= 0.3 is 11.9 Å². The molecule has 0 aromatic heterocycles. The van der Waals surface area contributed by atoms with Gasteiger partial charge < -0.3 is 14.6 Å². The Morgan fingerprint density at radius 2 is 2.00 bits per heavy atom. The van der Waals surface area contributed by atoms with Crippen molar-refractivity contribution < 1.29 is 24.2 Å². The number of carbonyl (C=O) groups excluding carboxylic acids is 1. The quantitative estimate of drug-likeness (QED) is 0.634. The van der Waals surface area contributed by atoms with Crippen LogP contribution in [0.2, 0.25) is 0 Å². The molecule has 0 amide bonds. The molecule has 5 heteroatoms. The normalized spacial score (nSPS) is 10.2. The second-order valence-corrected chi connectivity index (χ2v) is 3.12. The summed E-state index contributed by atoms with van der Waals surface area (Å²) in [5.41, 5.74) is 0.830. The van der Waals surface area contributed by atoms with Crippen molar-refractivity contribution in [1.29, 1.82) is 0 Å². The van der Waals surface area contributed by atoms with Crippen LogP contribution in [-0.2, 0) is 9.53 Å². The molecule has 0 bridgehead atoms. The summed E-state index contributed by atoms with van der Waals surface area (Å²) in [7, 11) is 2.74. The summed E-state index contributed by atoms with van der Waals surface area (Å²) < 4.78 is 9.62. The third-order valence-electron chi connectivity index (χ3n) is 2.06. The third-order valence-corrected chi connectivity index (χ3v) is 2.06. The molecule has 0 aliphatic carbocycles. The van der Waals surface area contributed by atoms with Crippen molar-refractivity contribution >= 4 is 18.0 Å². The summed E-state index contributed by atoms with van der Waals surface area (Å²) in [5, 5.41) is 8.54. The average Bonchev–Trinajstić information content (AvgIpc) is 2.34. The highest BCUT2D eigenvalue weighted by Crippen LogP contribution is 2.21. The first-order chi connectivity index (χ1) is 8.08. The van der Waals surface area contributed by atoms with Crippen molar-refractivity contribution in [2.75, 3.05) is 14.2 Å². The molecule has 0 aliphatic heterocycles. The second-order valence-electron chi connectivity index (χ2n) is 3.12. The third kappa shape index (κ3) is 3.34. The molecule has 1 rings (SSSR count). The van der Waals surface area contributed by atoms with E-state index in [0.717, 1.165) is 6.08 Å². The number of aliphatic carboxylic acids is 1. The minimum atomic E-state index is -1.07. The molecule has 17 heavy (non-hydrogen) atoms. The zero-order valence-corrected chi connectivity index (χ0v) is 9.47. The minimum absolute atomic E-state index is 0.332. The Labute approximate surface area is 98.3 Å². The van der Waals surface area contributed by atoms with Gasteiger partial charge in [-0.2, -0.15) is 0 Å². The Morgan fingerprint density at radius 1 is 1.29 bits per heavy atom. The SMILES string of the molecule is COC(=O)c1ccc(OC)c(/C=C/C(=O)O)c1. The van der Waals surface area contributed by atoms with Crippen molar-refractivity contribution in [2.24, 2.45) is 0 Å². The molecule has 90 valence electrons. The first-order valence-corrected chi connectivity index (χ1v) is 4.76. The fourth-order valence-electron chi connectivity index (χ4n) is 1.27. The Morgan fingerprint density at radius 3 is 2.53 bits per heavy atom. The number of benzene rings is 1. The second kappa shape index (κ2) is 5.69. The number of carboxylic acid groups (broad SMARTS) is 1. The van der Waals surface area contributed by atoms with Gasteiger partial charge in [0.1, 0.15) is 5.75 Å². The highest BCUT2D eigenvalue weighted by atomic mass is 16.5. The van der Waals surface area contributed by atoms with E-state index in [-0.39, 0.29) is 0 Å². The molecular weight excluding hydrogens is 224 g/mol. The van der Waals surface area contributed by atoms with E-state index >= 15 is 0 Å². The van der Waals surface area contributed by atoms with Crippen LogP contribution in [0, 0.1) is 0 Å². The molecule has 0 spiro atoms. The molecule has 0 fully saturated rings. The van der Waals surface area contributed by atoms with E-state index in [2.05, 4.69) is 4.74 Å². The van der Waals surface area contributed by atoms with Crippen LogP contribution < -0.4 is 4.74 Å². The van der Waals surface area contributed by atoms with Crippen molar-refractivity contribution in [2.45, 2.75) is 0 Å². The molecule has 0 saturated heterocycles. The first kappa shape index (κ1) is 12.8. The first-order valence-electron chi connectivity index (χ1n) is 4.76. The molecule has 1 N–H and O–H groups in total. The van der Waals surface area contributed by atoms with E-state index in [1.165, 1.54) is 26.4 Å². The molecule has 5 nitrogen and oxygen atoms in total. The Kier molecular flexibility index (Phi) is 4.28. The van der Waals surface area contributed by atoms with E-state index in [1.807, 2.05) is 0 Å². The number of carbonyl (C=O) groups is 2. The number of carboxylic acids is 1. The molecule has 1 aromatic carbocycles. The smallest absolute Gasteiger partial charge is 0.337 e. The lowest BCUT2D eigenvalue weighted by molar-refractivity contribution is -0.131. The molecular formula is C12H12O5. The van der Waals surface area contributed by atoms with Gasteiger partial charge in [-0.15, -0.1) is 0 Å². The highest BCUT2D eigenvalue weighted by molar-refractivity contribution is 5.91. The van der Waals surface area contributed by atoms with Gasteiger partial charge in [0.15, 0.2) is 0 Å². The summed E-state index contributed by atoms with van der Waals surface area (Å²) in [4.78, 5) is 21.7. The van der Waals surface area contributed by atoms with Crippen LogP contribution in [0.5, 0.6) is 5.75 Å². The van der Waals surface area contributed by atoms with E-state index < -0.39 is 11.9 Å². The molecule has 0 unspecified atom stereocenters. The molecule has 0 radical (unpaired) electrons. The van der Waals surface area contributed by atoms with Crippen molar-refractivity contribution in [1.82, 2.24) is 0 Å². The lowest BCUT2D eigenvalue weighted by Crippen LogP contribution is -2.02. The number of hydrogen-bond acceptors (Lipinski definition) is 4. The number of methoxy groups -OCH3 is 2. The monoisotopic (exact) mass is 236 g/mol. The number of ether oxygens (including phenoxy) is 2. The molecule has 0 atom stereocenters. The van der Waals surface area contributed by atoms with E-state index in [1.54, 1.807) is 12.1 Å². The number of hydrogen-bond donors (Lipinski definition) is 1. The molecule has 0 heterocycles. The van der Waals surface area contributed by atoms with Gasteiger partial charge in [0, 0.05) is 11.6 Å². The van der Waals surface area contributed by atoms with Crippen molar-refractivity contribution in [3.63, 3.8) is 0 Å². The maximum Gasteiger partial charge on any atom is 0.337 e. The van der Waals surface area contributed by atoms with Crippen molar-refractivity contribution in [3.8, 4) is 5.75 Å².